The molecule has 27 heavy (non-hydrogen) atoms. The van der Waals surface area contributed by atoms with Crippen LogP contribution in [0.4, 0.5) is 0 Å². The molecule has 2 heterocycles. The summed E-state index contributed by atoms with van der Waals surface area (Å²) in [6.45, 7) is 1.35. The minimum atomic E-state index is -0.0377. The Morgan fingerprint density at radius 3 is 2.63 bits per heavy atom. The molecule has 1 N–H and O–H groups in total. The van der Waals surface area contributed by atoms with Crippen LogP contribution in [0.3, 0.4) is 0 Å². The Morgan fingerprint density at radius 1 is 0.926 bits per heavy atom. The van der Waals surface area contributed by atoms with Crippen LogP contribution in [-0.4, -0.2) is 21.9 Å². The van der Waals surface area contributed by atoms with Crippen molar-refractivity contribution >= 4 is 10.9 Å². The number of aromatic amines is 1. The molecule has 0 unspecified atom stereocenters. The first-order valence-corrected chi connectivity index (χ1v) is 8.98. The van der Waals surface area contributed by atoms with Gasteiger partial charge < -0.3 is 4.98 Å². The Labute approximate surface area is 158 Å². The summed E-state index contributed by atoms with van der Waals surface area (Å²) in [5.41, 5.74) is 5.05. The standard InChI is InChI=1S/C23H21N3O/c1-26(15-17-9-10-22-19(12-17)8-5-11-24-22)16-21-13-20(14-25-23(21)27)18-6-3-2-4-7-18/h2-14H,15-16H2,1H3,(H,25,27). The molecule has 2 aromatic carbocycles. The maximum absolute atomic E-state index is 12.3. The number of nitrogens with one attached hydrogen (secondary N) is 1. The largest absolute Gasteiger partial charge is 0.328 e. The third-order valence-electron chi connectivity index (χ3n) is 4.65. The molecule has 2 aromatic heterocycles. The predicted octanol–water partition coefficient (Wildman–Crippen LogP) is 4.22. The second kappa shape index (κ2) is 7.56. The highest BCUT2D eigenvalue weighted by atomic mass is 16.1. The van der Waals surface area contributed by atoms with E-state index >= 15 is 0 Å². The molecule has 0 aliphatic rings. The van der Waals surface area contributed by atoms with Crippen molar-refractivity contribution in [1.82, 2.24) is 14.9 Å². The molecule has 0 saturated carbocycles. The van der Waals surface area contributed by atoms with Crippen molar-refractivity contribution in [2.75, 3.05) is 7.05 Å². The third kappa shape index (κ3) is 3.96. The summed E-state index contributed by atoms with van der Waals surface area (Å²) in [7, 11) is 2.03. The van der Waals surface area contributed by atoms with Gasteiger partial charge in [0.2, 0.25) is 0 Å². The van der Waals surface area contributed by atoms with E-state index in [9.17, 15) is 4.79 Å². The van der Waals surface area contributed by atoms with Crippen LogP contribution in [0, 0.1) is 0 Å². The lowest BCUT2D eigenvalue weighted by atomic mass is 10.1. The Hall–Kier alpha value is -3.24. The van der Waals surface area contributed by atoms with Gasteiger partial charge in [0.1, 0.15) is 0 Å². The molecule has 4 rings (SSSR count). The van der Waals surface area contributed by atoms with Crippen LogP contribution >= 0.6 is 0 Å². The van der Waals surface area contributed by atoms with Crippen molar-refractivity contribution in [3.05, 3.63) is 101 Å². The van der Waals surface area contributed by atoms with Crippen LogP contribution in [0.15, 0.2) is 83.9 Å². The fourth-order valence-corrected chi connectivity index (χ4v) is 3.33. The zero-order chi connectivity index (χ0) is 18.6. The number of nitrogens with zero attached hydrogens (tertiary/aromatic N) is 2. The van der Waals surface area contributed by atoms with Crippen LogP contribution in [0.5, 0.6) is 0 Å². The topological polar surface area (TPSA) is 49.0 Å². The van der Waals surface area contributed by atoms with Crippen LogP contribution in [0.1, 0.15) is 11.1 Å². The molecule has 0 aliphatic heterocycles. The van der Waals surface area contributed by atoms with Gasteiger partial charge >= 0.3 is 0 Å². The first kappa shape index (κ1) is 17.2. The maximum atomic E-state index is 12.3. The summed E-state index contributed by atoms with van der Waals surface area (Å²) in [5, 5.41) is 1.13. The molecule has 4 heteroatoms. The Bertz CT molecular complexity index is 1120. The molecule has 0 atom stereocenters. The lowest BCUT2D eigenvalue weighted by Gasteiger charge is -2.17. The first-order valence-electron chi connectivity index (χ1n) is 8.98. The van der Waals surface area contributed by atoms with E-state index in [-0.39, 0.29) is 5.56 Å². The molecule has 0 aliphatic carbocycles. The molecule has 0 amide bonds. The zero-order valence-electron chi connectivity index (χ0n) is 15.2. The van der Waals surface area contributed by atoms with Crippen molar-refractivity contribution in [2.24, 2.45) is 0 Å². The molecule has 4 nitrogen and oxygen atoms in total. The number of pyridine rings is 2. The van der Waals surface area contributed by atoms with E-state index in [0.29, 0.717) is 6.54 Å². The number of H-pyrrole nitrogens is 1. The van der Waals surface area contributed by atoms with Crippen LogP contribution in [-0.2, 0) is 13.1 Å². The van der Waals surface area contributed by atoms with Crippen molar-refractivity contribution < 1.29 is 0 Å². The fraction of sp³-hybridized carbons (Fsp3) is 0.130. The van der Waals surface area contributed by atoms with Crippen molar-refractivity contribution in [3.8, 4) is 11.1 Å². The second-order valence-electron chi connectivity index (χ2n) is 6.81. The molecule has 0 spiro atoms. The minimum Gasteiger partial charge on any atom is -0.328 e. The maximum Gasteiger partial charge on any atom is 0.252 e. The lowest BCUT2D eigenvalue weighted by molar-refractivity contribution is 0.318. The smallest absolute Gasteiger partial charge is 0.252 e. The van der Waals surface area contributed by atoms with E-state index in [4.69, 9.17) is 0 Å². The zero-order valence-corrected chi connectivity index (χ0v) is 15.2. The van der Waals surface area contributed by atoms with Crippen LogP contribution in [0.2, 0.25) is 0 Å². The summed E-state index contributed by atoms with van der Waals surface area (Å²) >= 11 is 0. The highest BCUT2D eigenvalue weighted by Crippen LogP contribution is 2.19. The Kier molecular flexibility index (Phi) is 4.81. The summed E-state index contributed by atoms with van der Waals surface area (Å²) in [6.07, 6.45) is 3.58. The van der Waals surface area contributed by atoms with Gasteiger partial charge in [0, 0.05) is 36.4 Å². The number of rotatable bonds is 5. The number of aromatic nitrogens is 2. The third-order valence-corrected chi connectivity index (χ3v) is 4.65. The SMILES string of the molecule is CN(Cc1ccc2ncccc2c1)Cc1cc(-c2ccccc2)c[nH]c1=O. The summed E-state index contributed by atoms with van der Waals surface area (Å²) in [5.74, 6) is 0. The van der Waals surface area contributed by atoms with Gasteiger partial charge in [-0.15, -0.1) is 0 Å². The van der Waals surface area contributed by atoms with Gasteiger partial charge in [0.25, 0.3) is 5.56 Å². The molecule has 0 bridgehead atoms. The van der Waals surface area contributed by atoms with Gasteiger partial charge in [-0.2, -0.15) is 0 Å². The molecule has 4 aromatic rings. The normalized spacial score (nSPS) is 11.2. The highest BCUT2D eigenvalue weighted by molar-refractivity contribution is 5.78. The number of hydrogen-bond acceptors (Lipinski definition) is 3. The van der Waals surface area contributed by atoms with Crippen molar-refractivity contribution in [2.45, 2.75) is 13.1 Å². The van der Waals surface area contributed by atoms with E-state index in [2.05, 4.69) is 33.1 Å². The van der Waals surface area contributed by atoms with Crippen LogP contribution < -0.4 is 5.56 Å². The Morgan fingerprint density at radius 2 is 1.78 bits per heavy atom. The van der Waals surface area contributed by atoms with E-state index in [1.165, 1.54) is 5.56 Å². The van der Waals surface area contributed by atoms with Gasteiger partial charge in [-0.05, 0) is 48.0 Å². The van der Waals surface area contributed by atoms with E-state index in [1.54, 1.807) is 12.4 Å². The van der Waals surface area contributed by atoms with Gasteiger partial charge in [-0.1, -0.05) is 42.5 Å². The van der Waals surface area contributed by atoms with Crippen molar-refractivity contribution in [3.63, 3.8) is 0 Å². The number of fused-ring (bicyclic) bond motifs is 1. The average Bonchev–Trinajstić information content (AvgIpc) is 2.70. The van der Waals surface area contributed by atoms with Crippen molar-refractivity contribution in [1.29, 1.82) is 0 Å². The summed E-state index contributed by atoms with van der Waals surface area (Å²) < 4.78 is 0. The van der Waals surface area contributed by atoms with E-state index in [1.807, 2.05) is 55.6 Å². The quantitative estimate of drug-likeness (QED) is 0.583. The van der Waals surface area contributed by atoms with Gasteiger partial charge in [-0.3, -0.25) is 14.7 Å². The molecular weight excluding hydrogens is 334 g/mol. The first-order chi connectivity index (χ1) is 13.2. The monoisotopic (exact) mass is 355 g/mol. The van der Waals surface area contributed by atoms with Gasteiger partial charge in [0.05, 0.1) is 5.52 Å². The van der Waals surface area contributed by atoms with Gasteiger partial charge in [-0.25, -0.2) is 0 Å². The average molecular weight is 355 g/mol. The lowest BCUT2D eigenvalue weighted by Crippen LogP contribution is -2.23. The number of benzene rings is 2. The fourth-order valence-electron chi connectivity index (χ4n) is 3.33. The van der Waals surface area contributed by atoms with Gasteiger partial charge in [0.15, 0.2) is 0 Å². The summed E-state index contributed by atoms with van der Waals surface area (Å²) in [4.78, 5) is 21.7. The molecule has 134 valence electrons. The number of hydrogen-bond donors (Lipinski definition) is 1. The Balaban J connectivity index is 1.53. The minimum absolute atomic E-state index is 0.0377. The van der Waals surface area contributed by atoms with E-state index in [0.717, 1.165) is 34.1 Å². The second-order valence-corrected chi connectivity index (χ2v) is 6.81. The summed E-state index contributed by atoms with van der Waals surface area (Å²) in [6, 6.07) is 22.4. The molecular formula is C23H21N3O. The molecule has 0 saturated heterocycles. The van der Waals surface area contributed by atoms with E-state index < -0.39 is 0 Å². The van der Waals surface area contributed by atoms with Crippen LogP contribution in [0.25, 0.3) is 22.0 Å². The molecule has 0 radical (unpaired) electrons. The molecule has 0 fully saturated rings. The predicted molar refractivity (Wildman–Crippen MR) is 109 cm³/mol. The highest BCUT2D eigenvalue weighted by Gasteiger charge is 2.08.